The molecule has 0 saturated heterocycles. The number of hydrogen-bond acceptors (Lipinski definition) is 7. The van der Waals surface area contributed by atoms with Crippen molar-refractivity contribution in [1.29, 1.82) is 0 Å². The standard InChI is InChI=1S/C22H41NO7/c1-3-4-5-10-13-17(25)14-11-8-6-7-9-12-15-18(30-16(2)24)20(26)21(27)19(23)22(28)29/h12,15,17-21,25-27H,3-11,13-14,23H2,1-2H3,(H,28,29)/t17?,18-,19-,20+,21+/m0/s1. The lowest BCUT2D eigenvalue weighted by Crippen LogP contribution is -2.52. The Kier molecular flexibility index (Phi) is 16.4. The number of carboxylic acid groups (broad SMARTS) is 1. The smallest absolute Gasteiger partial charge is 0.323 e. The topological polar surface area (TPSA) is 150 Å². The fourth-order valence-electron chi connectivity index (χ4n) is 3.14. The molecule has 8 heteroatoms. The molecule has 0 aromatic carbocycles. The molecule has 0 aliphatic carbocycles. The Morgan fingerprint density at radius 2 is 1.50 bits per heavy atom. The summed E-state index contributed by atoms with van der Waals surface area (Å²) in [6.45, 7) is 3.33. The van der Waals surface area contributed by atoms with E-state index in [4.69, 9.17) is 15.6 Å². The van der Waals surface area contributed by atoms with E-state index < -0.39 is 36.3 Å². The molecular weight excluding hydrogens is 390 g/mol. The molecule has 0 aromatic rings. The molecule has 5 atom stereocenters. The number of aliphatic carboxylic acids is 1. The highest BCUT2D eigenvalue weighted by atomic mass is 16.6. The van der Waals surface area contributed by atoms with Crippen LogP contribution in [-0.4, -0.2) is 62.8 Å². The van der Waals surface area contributed by atoms with Crippen molar-refractivity contribution in [2.45, 2.75) is 115 Å². The first-order chi connectivity index (χ1) is 14.2. The zero-order valence-corrected chi connectivity index (χ0v) is 18.4. The van der Waals surface area contributed by atoms with Crippen molar-refractivity contribution in [3.8, 4) is 0 Å². The van der Waals surface area contributed by atoms with Crippen LogP contribution in [0, 0.1) is 0 Å². The van der Waals surface area contributed by atoms with Gasteiger partial charge >= 0.3 is 11.9 Å². The van der Waals surface area contributed by atoms with E-state index in [1.807, 2.05) is 0 Å². The number of nitrogens with two attached hydrogens (primary N) is 1. The highest BCUT2D eigenvalue weighted by Gasteiger charge is 2.34. The maximum Gasteiger partial charge on any atom is 0.323 e. The third kappa shape index (κ3) is 13.7. The summed E-state index contributed by atoms with van der Waals surface area (Å²) in [5.41, 5.74) is 5.32. The molecule has 0 amide bonds. The first-order valence-corrected chi connectivity index (χ1v) is 11.1. The number of carbonyl (C=O) groups is 2. The second kappa shape index (κ2) is 17.2. The van der Waals surface area contributed by atoms with Crippen LogP contribution in [0.1, 0.15) is 84.5 Å². The molecule has 0 aliphatic heterocycles. The van der Waals surface area contributed by atoms with Crippen LogP contribution in [0.3, 0.4) is 0 Å². The second-order valence-corrected chi connectivity index (χ2v) is 7.84. The summed E-state index contributed by atoms with van der Waals surface area (Å²) in [7, 11) is 0. The molecule has 0 heterocycles. The summed E-state index contributed by atoms with van der Waals surface area (Å²) in [6.07, 6.45) is 9.32. The van der Waals surface area contributed by atoms with Gasteiger partial charge in [0, 0.05) is 6.92 Å². The van der Waals surface area contributed by atoms with Crippen LogP contribution in [0.2, 0.25) is 0 Å². The third-order valence-corrected chi connectivity index (χ3v) is 5.02. The Balaban J connectivity index is 4.17. The van der Waals surface area contributed by atoms with Crippen LogP contribution in [0.25, 0.3) is 0 Å². The fourth-order valence-corrected chi connectivity index (χ4v) is 3.14. The third-order valence-electron chi connectivity index (χ3n) is 5.02. The molecule has 0 radical (unpaired) electrons. The highest BCUT2D eigenvalue weighted by Crippen LogP contribution is 2.14. The van der Waals surface area contributed by atoms with Gasteiger partial charge in [-0.25, -0.2) is 0 Å². The Hall–Kier alpha value is -1.48. The Labute approximate surface area is 180 Å². The lowest BCUT2D eigenvalue weighted by molar-refractivity contribution is -0.156. The quantitative estimate of drug-likeness (QED) is 0.126. The van der Waals surface area contributed by atoms with Gasteiger partial charge in [-0.1, -0.05) is 57.9 Å². The van der Waals surface area contributed by atoms with Crippen molar-refractivity contribution >= 4 is 11.9 Å². The average molecular weight is 432 g/mol. The van der Waals surface area contributed by atoms with Gasteiger partial charge in [-0.3, -0.25) is 9.59 Å². The molecule has 0 aromatic heterocycles. The molecule has 0 bridgehead atoms. The minimum atomic E-state index is -1.77. The molecule has 1 unspecified atom stereocenters. The van der Waals surface area contributed by atoms with Crippen molar-refractivity contribution in [1.82, 2.24) is 0 Å². The number of aliphatic hydroxyl groups excluding tert-OH is 3. The zero-order valence-electron chi connectivity index (χ0n) is 18.4. The average Bonchev–Trinajstić information content (AvgIpc) is 2.70. The molecule has 0 aliphatic rings. The van der Waals surface area contributed by atoms with Gasteiger partial charge in [0.05, 0.1) is 6.10 Å². The maximum atomic E-state index is 11.2. The van der Waals surface area contributed by atoms with Gasteiger partial charge in [0.25, 0.3) is 0 Å². The number of rotatable bonds is 18. The summed E-state index contributed by atoms with van der Waals surface area (Å²) in [5, 5.41) is 38.8. The van der Waals surface area contributed by atoms with E-state index in [0.29, 0.717) is 6.42 Å². The molecule has 0 rings (SSSR count). The highest BCUT2D eigenvalue weighted by molar-refractivity contribution is 5.74. The number of unbranched alkanes of at least 4 members (excludes halogenated alkanes) is 7. The lowest BCUT2D eigenvalue weighted by atomic mass is 10.0. The second-order valence-electron chi connectivity index (χ2n) is 7.84. The number of hydrogen-bond donors (Lipinski definition) is 5. The predicted molar refractivity (Wildman–Crippen MR) is 115 cm³/mol. The van der Waals surface area contributed by atoms with Crippen LogP contribution in [0.15, 0.2) is 12.2 Å². The largest absolute Gasteiger partial charge is 0.480 e. The van der Waals surface area contributed by atoms with Gasteiger partial charge in [0.15, 0.2) is 0 Å². The van der Waals surface area contributed by atoms with Gasteiger partial charge < -0.3 is 30.9 Å². The number of carboxylic acids is 1. The predicted octanol–water partition coefficient (Wildman–Crippen LogP) is 2.28. The van der Waals surface area contributed by atoms with E-state index in [-0.39, 0.29) is 6.10 Å². The molecule has 176 valence electrons. The number of carbonyl (C=O) groups excluding carboxylic acids is 1. The summed E-state index contributed by atoms with van der Waals surface area (Å²) < 4.78 is 4.97. The van der Waals surface area contributed by atoms with Crippen molar-refractivity contribution in [2.24, 2.45) is 5.73 Å². The summed E-state index contributed by atoms with van der Waals surface area (Å²) in [4.78, 5) is 22.1. The van der Waals surface area contributed by atoms with Gasteiger partial charge in [0.2, 0.25) is 0 Å². The number of esters is 1. The van der Waals surface area contributed by atoms with Gasteiger partial charge in [0.1, 0.15) is 24.4 Å². The fraction of sp³-hybridized carbons (Fsp3) is 0.818. The van der Waals surface area contributed by atoms with Gasteiger partial charge in [-0.15, -0.1) is 0 Å². The number of aliphatic hydroxyl groups is 3. The van der Waals surface area contributed by atoms with Crippen molar-refractivity contribution in [3.63, 3.8) is 0 Å². The summed E-state index contributed by atoms with van der Waals surface area (Å²) >= 11 is 0. The lowest BCUT2D eigenvalue weighted by Gasteiger charge is -2.26. The van der Waals surface area contributed by atoms with Gasteiger partial charge in [-0.2, -0.15) is 0 Å². The zero-order chi connectivity index (χ0) is 22.9. The van der Waals surface area contributed by atoms with Crippen molar-refractivity contribution in [2.75, 3.05) is 0 Å². The first-order valence-electron chi connectivity index (χ1n) is 11.1. The van der Waals surface area contributed by atoms with Crippen molar-refractivity contribution in [3.05, 3.63) is 12.2 Å². The van der Waals surface area contributed by atoms with E-state index >= 15 is 0 Å². The maximum absolute atomic E-state index is 11.2. The normalized spacial score (nSPS) is 16.7. The Morgan fingerprint density at radius 1 is 0.933 bits per heavy atom. The SMILES string of the molecule is CCCCCCC(O)CCCCCCC=C[C@H](OC(C)=O)[C@@H](O)[C@H](O)[C@H](N)C(=O)O. The van der Waals surface area contributed by atoms with Gasteiger partial charge in [-0.05, 0) is 31.8 Å². The van der Waals surface area contributed by atoms with Crippen LogP contribution < -0.4 is 5.73 Å². The molecule has 0 fully saturated rings. The molecule has 30 heavy (non-hydrogen) atoms. The molecular formula is C22H41NO7. The van der Waals surface area contributed by atoms with Crippen LogP contribution in [-0.2, 0) is 14.3 Å². The van der Waals surface area contributed by atoms with E-state index in [0.717, 1.165) is 51.9 Å². The Morgan fingerprint density at radius 3 is 2.03 bits per heavy atom. The van der Waals surface area contributed by atoms with E-state index in [1.165, 1.54) is 25.3 Å². The number of allylic oxidation sites excluding steroid dienone is 1. The first kappa shape index (κ1) is 28.5. The van der Waals surface area contributed by atoms with Crippen LogP contribution in [0.4, 0.5) is 0 Å². The summed E-state index contributed by atoms with van der Waals surface area (Å²) in [5.74, 6) is -2.12. The molecule has 8 nitrogen and oxygen atoms in total. The monoisotopic (exact) mass is 431 g/mol. The van der Waals surface area contributed by atoms with Crippen LogP contribution >= 0.6 is 0 Å². The molecule has 0 spiro atoms. The van der Waals surface area contributed by atoms with Crippen LogP contribution in [0.5, 0.6) is 0 Å². The minimum Gasteiger partial charge on any atom is -0.480 e. The summed E-state index contributed by atoms with van der Waals surface area (Å²) in [6, 6.07) is -1.69. The Bertz CT molecular complexity index is 498. The van der Waals surface area contributed by atoms with Crippen molar-refractivity contribution < 1.29 is 34.8 Å². The molecule has 0 saturated carbocycles. The van der Waals surface area contributed by atoms with E-state index in [1.54, 1.807) is 6.08 Å². The van der Waals surface area contributed by atoms with E-state index in [9.17, 15) is 24.9 Å². The van der Waals surface area contributed by atoms with E-state index in [2.05, 4.69) is 6.92 Å². The number of ether oxygens (including phenoxy) is 1. The molecule has 6 N–H and O–H groups in total. The minimum absolute atomic E-state index is 0.212.